The molecule has 1 saturated carbocycles. The number of hydroxylamine groups is 2. The van der Waals surface area contributed by atoms with Crippen molar-refractivity contribution in [2.45, 2.75) is 77.0 Å². The number of carbonyl (C=O) groups excluding carboxylic acids is 1. The molecule has 1 fully saturated rings. The first-order valence-corrected chi connectivity index (χ1v) is 9.52. The smallest absolute Gasteiger partial charge is 0.280 e. The van der Waals surface area contributed by atoms with Gasteiger partial charge in [-0.05, 0) is 25.3 Å². The van der Waals surface area contributed by atoms with Gasteiger partial charge in [-0.1, -0.05) is 63.6 Å². The SMILES string of the molecule is CCCCCCON1C(=O)c2ccccc2C1OC1CCCCC1. The normalized spacial score (nSPS) is 21.3. The van der Waals surface area contributed by atoms with Crippen LogP contribution in [-0.4, -0.2) is 23.7 Å². The van der Waals surface area contributed by atoms with Gasteiger partial charge in [0.15, 0.2) is 6.23 Å². The van der Waals surface area contributed by atoms with Crippen LogP contribution in [0.4, 0.5) is 0 Å². The number of hydrogen-bond acceptors (Lipinski definition) is 3. The number of amides is 1. The van der Waals surface area contributed by atoms with E-state index in [1.54, 1.807) is 0 Å². The molecule has 132 valence electrons. The van der Waals surface area contributed by atoms with Crippen LogP contribution in [0.5, 0.6) is 0 Å². The lowest BCUT2D eigenvalue weighted by atomic mass is 9.97. The molecule has 0 spiro atoms. The van der Waals surface area contributed by atoms with Crippen LogP contribution in [0, 0.1) is 0 Å². The van der Waals surface area contributed by atoms with Crippen molar-refractivity contribution in [2.75, 3.05) is 6.61 Å². The predicted octanol–water partition coefficient (Wildman–Crippen LogP) is 5.00. The molecule has 24 heavy (non-hydrogen) atoms. The van der Waals surface area contributed by atoms with E-state index in [9.17, 15) is 4.79 Å². The van der Waals surface area contributed by atoms with Crippen LogP contribution >= 0.6 is 0 Å². The van der Waals surface area contributed by atoms with Gasteiger partial charge in [0.05, 0.1) is 12.7 Å². The van der Waals surface area contributed by atoms with Crippen molar-refractivity contribution in [3.8, 4) is 0 Å². The Morgan fingerprint density at radius 2 is 1.88 bits per heavy atom. The third-order valence-corrected chi connectivity index (χ3v) is 4.97. The summed E-state index contributed by atoms with van der Waals surface area (Å²) < 4.78 is 6.32. The summed E-state index contributed by atoms with van der Waals surface area (Å²) in [6, 6.07) is 7.73. The summed E-state index contributed by atoms with van der Waals surface area (Å²) >= 11 is 0. The molecule has 1 aromatic carbocycles. The highest BCUT2D eigenvalue weighted by Gasteiger charge is 2.40. The zero-order valence-electron chi connectivity index (χ0n) is 14.7. The van der Waals surface area contributed by atoms with E-state index in [1.807, 2.05) is 24.3 Å². The maximum atomic E-state index is 12.7. The number of fused-ring (bicyclic) bond motifs is 1. The lowest BCUT2D eigenvalue weighted by Gasteiger charge is -2.30. The summed E-state index contributed by atoms with van der Waals surface area (Å²) in [6.07, 6.45) is 10.2. The van der Waals surface area contributed by atoms with Gasteiger partial charge in [-0.25, -0.2) is 0 Å². The Morgan fingerprint density at radius 3 is 2.67 bits per heavy atom. The number of unbranched alkanes of at least 4 members (excludes halogenated alkanes) is 3. The van der Waals surface area contributed by atoms with Crippen molar-refractivity contribution in [3.05, 3.63) is 35.4 Å². The third-order valence-electron chi connectivity index (χ3n) is 4.97. The molecule has 1 unspecified atom stereocenters. The summed E-state index contributed by atoms with van der Waals surface area (Å²) in [5.74, 6) is -0.0677. The van der Waals surface area contributed by atoms with Crippen LogP contribution < -0.4 is 0 Å². The Hall–Kier alpha value is -1.39. The van der Waals surface area contributed by atoms with E-state index in [0.29, 0.717) is 12.2 Å². The quantitative estimate of drug-likeness (QED) is 0.629. The van der Waals surface area contributed by atoms with E-state index in [1.165, 1.54) is 37.2 Å². The van der Waals surface area contributed by atoms with Crippen molar-refractivity contribution in [2.24, 2.45) is 0 Å². The van der Waals surface area contributed by atoms with Crippen molar-refractivity contribution < 1.29 is 14.4 Å². The predicted molar refractivity (Wildman–Crippen MR) is 93.4 cm³/mol. The second kappa shape index (κ2) is 8.63. The van der Waals surface area contributed by atoms with Gasteiger partial charge in [-0.3, -0.25) is 9.63 Å². The number of benzene rings is 1. The Balaban J connectivity index is 1.66. The van der Waals surface area contributed by atoms with Crippen LogP contribution in [0.2, 0.25) is 0 Å². The fraction of sp³-hybridized carbons (Fsp3) is 0.650. The standard InChI is InChI=1S/C20H29NO3/c1-2-3-4-10-15-23-21-19(22)17-13-8-9-14-18(17)20(21)24-16-11-6-5-7-12-16/h8-9,13-14,16,20H,2-7,10-12,15H2,1H3. The van der Waals surface area contributed by atoms with Gasteiger partial charge in [-0.2, -0.15) is 5.06 Å². The fourth-order valence-electron chi connectivity index (χ4n) is 3.59. The lowest BCUT2D eigenvalue weighted by molar-refractivity contribution is -0.232. The van der Waals surface area contributed by atoms with E-state index >= 15 is 0 Å². The third kappa shape index (κ3) is 3.98. The molecule has 0 aromatic heterocycles. The van der Waals surface area contributed by atoms with E-state index < -0.39 is 0 Å². The van der Waals surface area contributed by atoms with Crippen molar-refractivity contribution in [1.82, 2.24) is 5.06 Å². The van der Waals surface area contributed by atoms with E-state index in [-0.39, 0.29) is 18.2 Å². The van der Waals surface area contributed by atoms with Crippen LogP contribution in [0.1, 0.15) is 86.9 Å². The summed E-state index contributed by atoms with van der Waals surface area (Å²) in [7, 11) is 0. The van der Waals surface area contributed by atoms with Gasteiger partial charge in [0.25, 0.3) is 5.91 Å². The van der Waals surface area contributed by atoms with Gasteiger partial charge in [0, 0.05) is 11.1 Å². The molecule has 2 aliphatic rings. The van der Waals surface area contributed by atoms with Crippen molar-refractivity contribution in [1.29, 1.82) is 0 Å². The van der Waals surface area contributed by atoms with Crippen molar-refractivity contribution >= 4 is 5.91 Å². The Bertz CT molecular complexity index is 539. The highest BCUT2D eigenvalue weighted by molar-refractivity contribution is 5.98. The zero-order chi connectivity index (χ0) is 16.8. The van der Waals surface area contributed by atoms with E-state index in [0.717, 1.165) is 31.2 Å². The molecule has 3 rings (SSSR count). The van der Waals surface area contributed by atoms with Gasteiger partial charge in [0.2, 0.25) is 0 Å². The van der Waals surface area contributed by atoms with Gasteiger partial charge in [-0.15, -0.1) is 0 Å². The number of nitrogens with zero attached hydrogens (tertiary/aromatic N) is 1. The van der Waals surface area contributed by atoms with Gasteiger partial charge in [0.1, 0.15) is 0 Å². The summed E-state index contributed by atoms with van der Waals surface area (Å²) in [5, 5.41) is 1.48. The Kier molecular flexibility index (Phi) is 6.27. The molecule has 0 bridgehead atoms. The molecule has 1 amide bonds. The lowest BCUT2D eigenvalue weighted by Crippen LogP contribution is -2.33. The minimum Gasteiger partial charge on any atom is -0.348 e. The van der Waals surface area contributed by atoms with Crippen LogP contribution in [0.25, 0.3) is 0 Å². The minimum atomic E-state index is -0.386. The second-order valence-electron chi connectivity index (χ2n) is 6.86. The minimum absolute atomic E-state index is 0.0677. The molecule has 0 N–H and O–H groups in total. The molecule has 1 atom stereocenters. The molecule has 1 aliphatic heterocycles. The van der Waals surface area contributed by atoms with Crippen LogP contribution in [0.3, 0.4) is 0 Å². The first kappa shape index (κ1) is 17.4. The summed E-state index contributed by atoms with van der Waals surface area (Å²) in [4.78, 5) is 18.5. The first-order chi connectivity index (χ1) is 11.8. The van der Waals surface area contributed by atoms with Crippen LogP contribution in [-0.2, 0) is 9.57 Å². The van der Waals surface area contributed by atoms with Gasteiger partial charge < -0.3 is 4.74 Å². The Morgan fingerprint density at radius 1 is 1.08 bits per heavy atom. The molecule has 4 heteroatoms. The maximum absolute atomic E-state index is 12.7. The highest BCUT2D eigenvalue weighted by Crippen LogP contribution is 2.37. The fourth-order valence-corrected chi connectivity index (χ4v) is 3.59. The molecule has 0 saturated heterocycles. The number of ether oxygens (including phenoxy) is 1. The van der Waals surface area contributed by atoms with Crippen LogP contribution in [0.15, 0.2) is 24.3 Å². The van der Waals surface area contributed by atoms with Crippen molar-refractivity contribution in [3.63, 3.8) is 0 Å². The number of rotatable bonds is 8. The second-order valence-corrected chi connectivity index (χ2v) is 6.86. The topological polar surface area (TPSA) is 38.8 Å². The number of hydrogen-bond donors (Lipinski definition) is 0. The average Bonchev–Trinajstić information content (AvgIpc) is 2.88. The molecule has 1 aromatic rings. The zero-order valence-corrected chi connectivity index (χ0v) is 14.7. The first-order valence-electron chi connectivity index (χ1n) is 9.52. The highest BCUT2D eigenvalue weighted by atomic mass is 16.7. The molecule has 1 aliphatic carbocycles. The average molecular weight is 331 g/mol. The molecule has 0 radical (unpaired) electrons. The summed E-state index contributed by atoms with van der Waals surface area (Å²) in [6.45, 7) is 2.76. The monoisotopic (exact) mass is 331 g/mol. The molecule has 1 heterocycles. The molecular weight excluding hydrogens is 302 g/mol. The maximum Gasteiger partial charge on any atom is 0.280 e. The molecule has 4 nitrogen and oxygen atoms in total. The summed E-state index contributed by atoms with van der Waals surface area (Å²) in [5.41, 5.74) is 1.66. The van der Waals surface area contributed by atoms with Gasteiger partial charge >= 0.3 is 0 Å². The number of carbonyl (C=O) groups is 1. The largest absolute Gasteiger partial charge is 0.348 e. The Labute approximate surface area is 145 Å². The van der Waals surface area contributed by atoms with E-state index in [4.69, 9.17) is 9.57 Å². The molecular formula is C20H29NO3. The van der Waals surface area contributed by atoms with E-state index in [2.05, 4.69) is 6.92 Å².